The fourth-order valence-corrected chi connectivity index (χ4v) is 4.39. The topological polar surface area (TPSA) is 70.2 Å². The molecule has 2 N–H and O–H groups in total. The van der Waals surface area contributed by atoms with Crippen molar-refractivity contribution in [1.82, 2.24) is 20.2 Å². The van der Waals surface area contributed by atoms with Crippen LogP contribution >= 0.6 is 0 Å². The number of carbonyl (C=O) groups excluding carboxylic acids is 1. The minimum Gasteiger partial charge on any atom is -0.373 e. The van der Waals surface area contributed by atoms with E-state index in [-0.39, 0.29) is 17.8 Å². The third kappa shape index (κ3) is 4.46. The Hall–Kier alpha value is -2.54. The Morgan fingerprint density at radius 2 is 2.23 bits per heavy atom. The molecule has 1 atom stereocenters. The molecule has 6 nitrogen and oxygen atoms in total. The number of fused-ring (bicyclic) bond motifs is 1. The predicted molar refractivity (Wildman–Crippen MR) is 115 cm³/mol. The molecule has 0 saturated carbocycles. The number of benzene rings is 1. The molecule has 160 valence electrons. The summed E-state index contributed by atoms with van der Waals surface area (Å²) in [6.07, 6.45) is 4.99. The maximum absolute atomic E-state index is 13.4. The van der Waals surface area contributed by atoms with Gasteiger partial charge in [0, 0.05) is 25.6 Å². The second-order valence-corrected chi connectivity index (χ2v) is 8.26. The Morgan fingerprint density at radius 1 is 1.37 bits per heavy atom. The molecule has 0 radical (unpaired) electrons. The minimum atomic E-state index is -0.183. The minimum absolute atomic E-state index is 0.157. The van der Waals surface area contributed by atoms with Crippen LogP contribution in [0.25, 0.3) is 0 Å². The van der Waals surface area contributed by atoms with Crippen LogP contribution < -0.4 is 10.6 Å². The van der Waals surface area contributed by atoms with Crippen LogP contribution in [0.3, 0.4) is 0 Å². The van der Waals surface area contributed by atoms with Crippen molar-refractivity contribution in [3.05, 3.63) is 52.2 Å². The summed E-state index contributed by atoms with van der Waals surface area (Å²) in [6.45, 7) is 4.01. The van der Waals surface area contributed by atoms with Gasteiger partial charge in [-0.25, -0.2) is 14.4 Å². The smallest absolute Gasteiger partial charge is 0.222 e. The monoisotopic (exact) mass is 411 g/mol. The van der Waals surface area contributed by atoms with E-state index in [2.05, 4.69) is 10.6 Å². The van der Waals surface area contributed by atoms with Gasteiger partial charge in [0.05, 0.1) is 18.3 Å². The van der Waals surface area contributed by atoms with Crippen molar-refractivity contribution in [2.24, 2.45) is 0 Å². The molecule has 1 saturated heterocycles. The molecule has 3 heterocycles. The van der Waals surface area contributed by atoms with Crippen molar-refractivity contribution in [2.75, 3.05) is 25.5 Å². The van der Waals surface area contributed by atoms with E-state index >= 15 is 0 Å². The fraction of sp³-hybridized carbons (Fsp3) is 0.522. The SMILES string of the molecule is CNc1nc([C@H]2CCCN2)nc2c1CCN(C(=O)CCCc1ccc(F)c(C)c1)C2. The second-order valence-electron chi connectivity index (χ2n) is 8.26. The van der Waals surface area contributed by atoms with Crippen LogP contribution in [-0.4, -0.2) is 40.9 Å². The summed E-state index contributed by atoms with van der Waals surface area (Å²) in [5.41, 5.74) is 3.82. The van der Waals surface area contributed by atoms with Crippen LogP contribution in [-0.2, 0) is 24.2 Å². The number of hydrogen-bond donors (Lipinski definition) is 2. The molecule has 1 fully saturated rings. The van der Waals surface area contributed by atoms with E-state index < -0.39 is 0 Å². The normalized spacial score (nSPS) is 18.4. The first-order valence-corrected chi connectivity index (χ1v) is 10.9. The molecule has 0 bridgehead atoms. The molecule has 0 spiro atoms. The van der Waals surface area contributed by atoms with Crippen molar-refractivity contribution in [1.29, 1.82) is 0 Å². The first-order chi connectivity index (χ1) is 14.5. The van der Waals surface area contributed by atoms with Crippen molar-refractivity contribution in [3.63, 3.8) is 0 Å². The number of rotatable bonds is 6. The van der Waals surface area contributed by atoms with Crippen molar-refractivity contribution in [3.8, 4) is 0 Å². The zero-order valence-electron chi connectivity index (χ0n) is 17.8. The number of aromatic nitrogens is 2. The van der Waals surface area contributed by atoms with Gasteiger partial charge in [-0.3, -0.25) is 4.79 Å². The molecule has 30 heavy (non-hydrogen) atoms. The molecule has 4 rings (SSSR count). The summed E-state index contributed by atoms with van der Waals surface area (Å²) in [6, 6.07) is 5.38. The summed E-state index contributed by atoms with van der Waals surface area (Å²) in [5.74, 6) is 1.70. The number of nitrogens with zero attached hydrogens (tertiary/aromatic N) is 3. The van der Waals surface area contributed by atoms with Gasteiger partial charge >= 0.3 is 0 Å². The number of aryl methyl sites for hydroxylation is 2. The lowest BCUT2D eigenvalue weighted by molar-refractivity contribution is -0.132. The van der Waals surface area contributed by atoms with E-state index in [0.29, 0.717) is 25.1 Å². The summed E-state index contributed by atoms with van der Waals surface area (Å²) >= 11 is 0. The van der Waals surface area contributed by atoms with Crippen molar-refractivity contribution in [2.45, 2.75) is 58.0 Å². The molecule has 1 amide bonds. The van der Waals surface area contributed by atoms with Gasteiger partial charge in [0.25, 0.3) is 0 Å². The van der Waals surface area contributed by atoms with Crippen molar-refractivity contribution < 1.29 is 9.18 Å². The predicted octanol–water partition coefficient (Wildman–Crippen LogP) is 3.30. The fourth-order valence-electron chi connectivity index (χ4n) is 4.39. The lowest BCUT2D eigenvalue weighted by Gasteiger charge is -2.30. The zero-order valence-corrected chi connectivity index (χ0v) is 17.8. The zero-order chi connectivity index (χ0) is 21.1. The van der Waals surface area contributed by atoms with Crippen LogP contribution in [0, 0.1) is 12.7 Å². The molecule has 0 unspecified atom stereocenters. The van der Waals surface area contributed by atoms with Crippen LogP contribution in [0.2, 0.25) is 0 Å². The Balaban J connectivity index is 1.39. The van der Waals surface area contributed by atoms with E-state index in [0.717, 1.165) is 67.1 Å². The molecule has 7 heteroatoms. The molecular weight excluding hydrogens is 381 g/mol. The standard InChI is InChI=1S/C23H30FN5O/c1-15-13-16(8-9-18(15)24)5-3-7-21(30)29-12-10-17-20(14-29)27-23(28-22(17)25-2)19-6-4-11-26-19/h8-9,13,19,26H,3-7,10-12,14H2,1-2H3,(H,25,27,28)/t19-/m1/s1. The highest BCUT2D eigenvalue weighted by Crippen LogP contribution is 2.28. The lowest BCUT2D eigenvalue weighted by atomic mass is 10.0. The lowest BCUT2D eigenvalue weighted by Crippen LogP contribution is -2.37. The maximum Gasteiger partial charge on any atom is 0.222 e. The number of anilines is 1. The molecule has 2 aliphatic heterocycles. The summed E-state index contributed by atoms with van der Waals surface area (Å²) < 4.78 is 13.4. The molecule has 0 aliphatic carbocycles. The highest BCUT2D eigenvalue weighted by molar-refractivity contribution is 5.76. The highest BCUT2D eigenvalue weighted by Gasteiger charge is 2.27. The average molecular weight is 412 g/mol. The van der Waals surface area contributed by atoms with Crippen LogP contribution in [0.1, 0.15) is 59.9 Å². The van der Waals surface area contributed by atoms with Gasteiger partial charge in [-0.05, 0) is 62.8 Å². The maximum atomic E-state index is 13.4. The number of nitrogens with one attached hydrogen (secondary N) is 2. The molecule has 1 aromatic heterocycles. The van der Waals surface area contributed by atoms with E-state index in [1.54, 1.807) is 13.0 Å². The quantitative estimate of drug-likeness (QED) is 0.763. The van der Waals surface area contributed by atoms with E-state index in [4.69, 9.17) is 9.97 Å². The summed E-state index contributed by atoms with van der Waals surface area (Å²) in [5, 5.41) is 6.67. The van der Waals surface area contributed by atoms with Gasteiger partial charge in [-0.15, -0.1) is 0 Å². The molecule has 2 aliphatic rings. The van der Waals surface area contributed by atoms with Crippen LogP contribution in [0.4, 0.5) is 10.2 Å². The second kappa shape index (κ2) is 9.08. The highest BCUT2D eigenvalue weighted by atomic mass is 19.1. The third-order valence-electron chi connectivity index (χ3n) is 6.12. The van der Waals surface area contributed by atoms with Gasteiger partial charge < -0.3 is 15.5 Å². The van der Waals surface area contributed by atoms with Gasteiger partial charge in [0.15, 0.2) is 0 Å². The Labute approximate surface area is 177 Å². The largest absolute Gasteiger partial charge is 0.373 e. The van der Waals surface area contributed by atoms with E-state index in [1.807, 2.05) is 18.0 Å². The number of hydrogen-bond acceptors (Lipinski definition) is 5. The molecule has 1 aromatic carbocycles. The third-order valence-corrected chi connectivity index (χ3v) is 6.12. The van der Waals surface area contributed by atoms with Gasteiger partial charge in [-0.1, -0.05) is 12.1 Å². The van der Waals surface area contributed by atoms with Crippen LogP contribution in [0.15, 0.2) is 18.2 Å². The summed E-state index contributed by atoms with van der Waals surface area (Å²) in [7, 11) is 1.89. The number of amides is 1. The number of halogens is 1. The van der Waals surface area contributed by atoms with Crippen molar-refractivity contribution >= 4 is 11.7 Å². The Morgan fingerprint density at radius 3 is 2.97 bits per heavy atom. The Kier molecular flexibility index (Phi) is 6.27. The molecule has 2 aromatic rings. The van der Waals surface area contributed by atoms with E-state index in [1.165, 1.54) is 6.07 Å². The first kappa shape index (κ1) is 20.7. The summed E-state index contributed by atoms with van der Waals surface area (Å²) in [4.78, 5) is 24.3. The van der Waals surface area contributed by atoms with Gasteiger partial charge in [0.2, 0.25) is 5.91 Å². The number of carbonyl (C=O) groups is 1. The van der Waals surface area contributed by atoms with Gasteiger partial charge in [0.1, 0.15) is 17.5 Å². The first-order valence-electron chi connectivity index (χ1n) is 10.9. The van der Waals surface area contributed by atoms with E-state index in [9.17, 15) is 9.18 Å². The van der Waals surface area contributed by atoms with Crippen LogP contribution in [0.5, 0.6) is 0 Å². The van der Waals surface area contributed by atoms with Gasteiger partial charge in [-0.2, -0.15) is 0 Å². The average Bonchev–Trinajstić information content (AvgIpc) is 3.30. The molecular formula is C23H30FN5O. The Bertz CT molecular complexity index is 926.